The third-order valence-corrected chi connectivity index (χ3v) is 5.43. The van der Waals surface area contributed by atoms with Crippen LogP contribution in [0.3, 0.4) is 0 Å². The van der Waals surface area contributed by atoms with Crippen LogP contribution in [0.2, 0.25) is 0 Å². The van der Waals surface area contributed by atoms with Gasteiger partial charge in [-0.15, -0.1) is 0 Å². The maximum absolute atomic E-state index is 12.8. The number of nitrogens with one attached hydrogen (secondary N) is 1. The van der Waals surface area contributed by atoms with E-state index in [0.29, 0.717) is 57.4 Å². The molecule has 0 unspecified atom stereocenters. The summed E-state index contributed by atoms with van der Waals surface area (Å²) in [5.41, 5.74) is 0.701. The summed E-state index contributed by atoms with van der Waals surface area (Å²) in [5, 5.41) is 2.92. The molecule has 0 saturated carbocycles. The normalized spacial score (nSPS) is 25.0. The van der Waals surface area contributed by atoms with Gasteiger partial charge in [0.05, 0.1) is 18.3 Å². The smallest absolute Gasteiger partial charge is 0.238 e. The fourth-order valence-corrected chi connectivity index (χ4v) is 3.92. The average molecular weight is 359 g/mol. The zero-order chi connectivity index (χ0) is 17.9. The lowest BCUT2D eigenvalue weighted by Gasteiger charge is -2.41. The highest BCUT2D eigenvalue weighted by molar-refractivity contribution is 5.93. The monoisotopic (exact) mass is 359 g/mol. The van der Waals surface area contributed by atoms with Crippen molar-refractivity contribution in [2.75, 3.05) is 51.3 Å². The number of rotatable bonds is 1. The molecule has 0 spiro atoms. The van der Waals surface area contributed by atoms with Gasteiger partial charge in [-0.1, -0.05) is 12.1 Å². The first kappa shape index (κ1) is 17.3. The molecule has 2 fully saturated rings. The van der Waals surface area contributed by atoms with E-state index in [9.17, 15) is 9.59 Å². The molecule has 0 bridgehead atoms. The van der Waals surface area contributed by atoms with Gasteiger partial charge in [-0.3, -0.25) is 14.5 Å². The Kier molecular flexibility index (Phi) is 5.08. The minimum Gasteiger partial charge on any atom is -0.490 e. The largest absolute Gasteiger partial charge is 0.490 e. The lowest BCUT2D eigenvalue weighted by Crippen LogP contribution is -2.58. The van der Waals surface area contributed by atoms with Crippen molar-refractivity contribution in [3.63, 3.8) is 0 Å². The number of anilines is 1. The molecule has 1 aromatic rings. The van der Waals surface area contributed by atoms with Gasteiger partial charge in [-0.2, -0.15) is 0 Å². The summed E-state index contributed by atoms with van der Waals surface area (Å²) >= 11 is 0. The van der Waals surface area contributed by atoms with Gasteiger partial charge in [0.25, 0.3) is 0 Å². The number of benzene rings is 1. The molecule has 0 aromatic heterocycles. The van der Waals surface area contributed by atoms with Gasteiger partial charge in [0.2, 0.25) is 11.8 Å². The van der Waals surface area contributed by atoms with E-state index in [1.165, 1.54) is 0 Å². The standard InChI is InChI=1S/C19H25N3O4/c23-18-12-21-7-8-22(19(24)14-5-9-25-10-6-14)11-15(21)13-26-17-4-2-1-3-16(17)20-18/h1-4,14-15H,5-13H2,(H,20,23)/t15-/m1/s1. The van der Waals surface area contributed by atoms with Gasteiger partial charge in [0.1, 0.15) is 12.4 Å². The predicted molar refractivity (Wildman–Crippen MR) is 96.1 cm³/mol. The highest BCUT2D eigenvalue weighted by atomic mass is 16.5. The molecule has 2 saturated heterocycles. The molecular weight excluding hydrogens is 334 g/mol. The zero-order valence-electron chi connectivity index (χ0n) is 14.9. The van der Waals surface area contributed by atoms with E-state index >= 15 is 0 Å². The molecule has 7 heteroatoms. The van der Waals surface area contributed by atoms with Crippen molar-refractivity contribution < 1.29 is 19.1 Å². The van der Waals surface area contributed by atoms with E-state index in [-0.39, 0.29) is 23.8 Å². The van der Waals surface area contributed by atoms with Crippen LogP contribution in [0.15, 0.2) is 24.3 Å². The topological polar surface area (TPSA) is 71.1 Å². The van der Waals surface area contributed by atoms with Crippen molar-refractivity contribution in [1.82, 2.24) is 9.80 Å². The summed E-state index contributed by atoms with van der Waals surface area (Å²) in [6, 6.07) is 7.49. The Labute approximate surface area is 153 Å². The quantitative estimate of drug-likeness (QED) is 0.809. The van der Waals surface area contributed by atoms with E-state index in [2.05, 4.69) is 10.2 Å². The fraction of sp³-hybridized carbons (Fsp3) is 0.579. The Hall–Kier alpha value is -2.12. The highest BCUT2D eigenvalue weighted by Crippen LogP contribution is 2.26. The van der Waals surface area contributed by atoms with Crippen molar-refractivity contribution in [2.24, 2.45) is 5.92 Å². The lowest BCUT2D eigenvalue weighted by atomic mass is 9.97. The Morgan fingerprint density at radius 3 is 2.81 bits per heavy atom. The Morgan fingerprint density at radius 2 is 1.96 bits per heavy atom. The average Bonchev–Trinajstić information content (AvgIpc) is 2.74. The number of hydrogen-bond acceptors (Lipinski definition) is 5. The number of amides is 2. The molecular formula is C19H25N3O4. The summed E-state index contributed by atoms with van der Waals surface area (Å²) in [4.78, 5) is 29.3. The Balaban J connectivity index is 1.46. The predicted octanol–water partition coefficient (Wildman–Crippen LogP) is 0.957. The maximum atomic E-state index is 12.8. The Bertz CT molecular complexity index is 675. The van der Waals surface area contributed by atoms with Crippen molar-refractivity contribution in [3.8, 4) is 5.75 Å². The molecule has 140 valence electrons. The van der Waals surface area contributed by atoms with Crippen LogP contribution >= 0.6 is 0 Å². The van der Waals surface area contributed by atoms with Crippen LogP contribution in [0.1, 0.15) is 12.8 Å². The molecule has 0 radical (unpaired) electrons. The number of carbonyl (C=O) groups excluding carboxylic acids is 2. The molecule has 1 aromatic carbocycles. The first-order chi connectivity index (χ1) is 12.7. The molecule has 4 rings (SSSR count). The zero-order valence-corrected chi connectivity index (χ0v) is 14.9. The third kappa shape index (κ3) is 3.68. The summed E-state index contributed by atoms with van der Waals surface area (Å²) < 4.78 is 11.4. The van der Waals surface area contributed by atoms with E-state index in [0.717, 1.165) is 12.8 Å². The van der Waals surface area contributed by atoms with E-state index in [1.807, 2.05) is 29.2 Å². The van der Waals surface area contributed by atoms with Gasteiger partial charge in [0, 0.05) is 38.8 Å². The summed E-state index contributed by atoms with van der Waals surface area (Å²) in [6.45, 7) is 4.07. The minimum atomic E-state index is -0.0443. The van der Waals surface area contributed by atoms with Gasteiger partial charge in [-0.05, 0) is 25.0 Å². The third-order valence-electron chi connectivity index (χ3n) is 5.43. The first-order valence-corrected chi connectivity index (χ1v) is 9.33. The van der Waals surface area contributed by atoms with Crippen LogP contribution in [-0.2, 0) is 14.3 Å². The number of carbonyl (C=O) groups is 2. The van der Waals surface area contributed by atoms with Gasteiger partial charge in [-0.25, -0.2) is 0 Å². The van der Waals surface area contributed by atoms with E-state index in [1.54, 1.807) is 0 Å². The van der Waals surface area contributed by atoms with Gasteiger partial charge >= 0.3 is 0 Å². The van der Waals surface area contributed by atoms with Gasteiger partial charge < -0.3 is 19.7 Å². The van der Waals surface area contributed by atoms with Crippen LogP contribution in [0.4, 0.5) is 5.69 Å². The van der Waals surface area contributed by atoms with Gasteiger partial charge in [0.15, 0.2) is 0 Å². The van der Waals surface area contributed by atoms with Crippen molar-refractivity contribution in [1.29, 1.82) is 0 Å². The molecule has 2 amide bonds. The molecule has 0 aliphatic carbocycles. The highest BCUT2D eigenvalue weighted by Gasteiger charge is 2.35. The summed E-state index contributed by atoms with van der Waals surface area (Å²) in [5.74, 6) is 0.919. The van der Waals surface area contributed by atoms with Crippen molar-refractivity contribution in [2.45, 2.75) is 18.9 Å². The maximum Gasteiger partial charge on any atom is 0.238 e. The minimum absolute atomic E-state index is 0.0180. The molecule has 3 aliphatic heterocycles. The molecule has 1 N–H and O–H groups in total. The summed E-state index contributed by atoms with van der Waals surface area (Å²) in [6.07, 6.45) is 1.60. The number of fused-ring (bicyclic) bond motifs is 2. The second kappa shape index (κ2) is 7.63. The second-order valence-corrected chi connectivity index (χ2v) is 7.15. The second-order valence-electron chi connectivity index (χ2n) is 7.15. The SMILES string of the molecule is O=C1CN2CCN(C(=O)C3CCOCC3)C[C@@H]2COc2ccccc2N1. The molecule has 26 heavy (non-hydrogen) atoms. The summed E-state index contributed by atoms with van der Waals surface area (Å²) in [7, 11) is 0. The molecule has 3 heterocycles. The van der Waals surface area contributed by atoms with Crippen LogP contribution in [0, 0.1) is 5.92 Å². The number of ether oxygens (including phenoxy) is 2. The van der Waals surface area contributed by atoms with Crippen molar-refractivity contribution in [3.05, 3.63) is 24.3 Å². The van der Waals surface area contributed by atoms with Crippen molar-refractivity contribution >= 4 is 17.5 Å². The number of hydrogen-bond donors (Lipinski definition) is 1. The molecule has 7 nitrogen and oxygen atoms in total. The lowest BCUT2D eigenvalue weighted by molar-refractivity contribution is -0.142. The fourth-order valence-electron chi connectivity index (χ4n) is 3.92. The number of para-hydroxylation sites is 2. The van der Waals surface area contributed by atoms with Crippen LogP contribution in [0.25, 0.3) is 0 Å². The first-order valence-electron chi connectivity index (χ1n) is 9.33. The van der Waals surface area contributed by atoms with E-state index < -0.39 is 0 Å². The number of piperazine rings is 1. The van der Waals surface area contributed by atoms with Crippen LogP contribution in [0.5, 0.6) is 5.75 Å². The van der Waals surface area contributed by atoms with E-state index in [4.69, 9.17) is 9.47 Å². The van der Waals surface area contributed by atoms with Crippen LogP contribution in [-0.4, -0.2) is 73.7 Å². The molecule has 1 atom stereocenters. The number of nitrogens with zero attached hydrogens (tertiary/aromatic N) is 2. The Morgan fingerprint density at radius 1 is 1.15 bits per heavy atom. The molecule has 3 aliphatic rings. The van der Waals surface area contributed by atoms with Crippen LogP contribution < -0.4 is 10.1 Å².